The van der Waals surface area contributed by atoms with Crippen LogP contribution in [0.3, 0.4) is 0 Å². The Morgan fingerprint density at radius 3 is 3.12 bits per heavy atom. The van der Waals surface area contributed by atoms with Crippen molar-refractivity contribution in [1.82, 2.24) is 14.9 Å². The molecule has 1 atom stereocenters. The van der Waals surface area contributed by atoms with E-state index in [0.717, 1.165) is 62.3 Å². The van der Waals surface area contributed by atoms with E-state index in [1.807, 2.05) is 36.7 Å². The third-order valence-corrected chi connectivity index (χ3v) is 4.48. The van der Waals surface area contributed by atoms with Gasteiger partial charge in [0.15, 0.2) is 0 Å². The monoisotopic (exact) mass is 326 g/mol. The number of amides is 1. The lowest BCUT2D eigenvalue weighted by Gasteiger charge is -2.22. The van der Waals surface area contributed by atoms with Crippen LogP contribution in [-0.4, -0.2) is 28.0 Å². The first-order chi connectivity index (χ1) is 11.8. The highest BCUT2D eigenvalue weighted by atomic mass is 16.2. The van der Waals surface area contributed by atoms with Gasteiger partial charge in [-0.3, -0.25) is 4.79 Å². The van der Waals surface area contributed by atoms with Gasteiger partial charge in [0.2, 0.25) is 5.91 Å². The van der Waals surface area contributed by atoms with Crippen molar-refractivity contribution in [1.29, 1.82) is 0 Å². The molecule has 1 unspecified atom stereocenters. The number of anilines is 1. The number of carbonyl (C=O) groups is 1. The fourth-order valence-electron chi connectivity index (χ4n) is 3.12. The smallest absolute Gasteiger partial charge is 0.241 e. The van der Waals surface area contributed by atoms with Crippen molar-refractivity contribution in [2.75, 3.05) is 11.9 Å². The average Bonchev–Trinajstić information content (AvgIpc) is 3.09. The van der Waals surface area contributed by atoms with E-state index in [-0.39, 0.29) is 11.9 Å². The summed E-state index contributed by atoms with van der Waals surface area (Å²) in [6.45, 7) is 4.08. The van der Waals surface area contributed by atoms with Gasteiger partial charge in [0.05, 0.1) is 6.04 Å². The quantitative estimate of drug-likeness (QED) is 0.855. The number of unbranched alkanes of at least 4 members (excludes halogenated alkanes) is 1. The molecule has 1 aromatic carbocycles. The summed E-state index contributed by atoms with van der Waals surface area (Å²) in [5.74, 6) is 1.01. The van der Waals surface area contributed by atoms with Crippen LogP contribution in [0.4, 0.5) is 5.69 Å². The van der Waals surface area contributed by atoms with Gasteiger partial charge in [0.1, 0.15) is 5.82 Å². The van der Waals surface area contributed by atoms with Crippen LogP contribution in [0.1, 0.15) is 39.0 Å². The molecule has 1 amide bonds. The summed E-state index contributed by atoms with van der Waals surface area (Å²) >= 11 is 0. The Morgan fingerprint density at radius 2 is 2.33 bits per heavy atom. The summed E-state index contributed by atoms with van der Waals surface area (Å²) in [6.07, 6.45) is 9.31. The number of nitrogens with one attached hydrogen (secondary N) is 2. The van der Waals surface area contributed by atoms with Gasteiger partial charge in [-0.05, 0) is 37.9 Å². The highest BCUT2D eigenvalue weighted by Crippen LogP contribution is 2.22. The molecule has 1 aromatic heterocycles. The predicted octanol–water partition coefficient (Wildman–Crippen LogP) is 3.43. The third-order valence-electron chi connectivity index (χ3n) is 4.48. The lowest BCUT2D eigenvalue weighted by Crippen LogP contribution is -2.43. The predicted molar refractivity (Wildman–Crippen MR) is 96.8 cm³/mol. The number of hydrogen-bond acceptors (Lipinski definition) is 3. The maximum absolute atomic E-state index is 12.4. The molecule has 2 aromatic rings. The fourth-order valence-corrected chi connectivity index (χ4v) is 3.12. The minimum Gasteiger partial charge on any atom is -0.331 e. The van der Waals surface area contributed by atoms with E-state index in [9.17, 15) is 4.79 Å². The summed E-state index contributed by atoms with van der Waals surface area (Å²) in [4.78, 5) is 16.9. The zero-order chi connectivity index (χ0) is 16.8. The molecule has 1 fully saturated rings. The van der Waals surface area contributed by atoms with Crippen LogP contribution in [0.15, 0.2) is 36.7 Å². The van der Waals surface area contributed by atoms with Crippen molar-refractivity contribution < 1.29 is 4.79 Å². The molecule has 1 aliphatic rings. The zero-order valence-electron chi connectivity index (χ0n) is 14.3. The second-order valence-corrected chi connectivity index (χ2v) is 6.37. The van der Waals surface area contributed by atoms with E-state index in [2.05, 4.69) is 27.1 Å². The summed E-state index contributed by atoms with van der Waals surface area (Å²) in [5.41, 5.74) is 1.86. The molecule has 3 rings (SSSR count). The van der Waals surface area contributed by atoms with Gasteiger partial charge >= 0.3 is 0 Å². The Kier molecular flexibility index (Phi) is 5.64. The molecular formula is C19H26N4O. The Hall–Kier alpha value is -2.14. The van der Waals surface area contributed by atoms with Crippen molar-refractivity contribution in [3.8, 4) is 11.4 Å². The van der Waals surface area contributed by atoms with Crippen LogP contribution >= 0.6 is 0 Å². The number of piperidine rings is 1. The Labute approximate surface area is 143 Å². The maximum Gasteiger partial charge on any atom is 0.241 e. The van der Waals surface area contributed by atoms with E-state index in [1.54, 1.807) is 0 Å². The maximum atomic E-state index is 12.4. The SMILES string of the molecule is CCCCn1ccnc1-c1cccc(NC(=O)C2CCCCN2)c1. The molecule has 1 aliphatic heterocycles. The number of nitrogens with zero attached hydrogens (tertiary/aromatic N) is 2. The first kappa shape index (κ1) is 16.7. The minimum atomic E-state index is -0.0750. The van der Waals surface area contributed by atoms with Crippen molar-refractivity contribution >= 4 is 11.6 Å². The molecule has 0 spiro atoms. The molecule has 0 bridgehead atoms. The lowest BCUT2D eigenvalue weighted by atomic mass is 10.0. The Morgan fingerprint density at radius 1 is 1.42 bits per heavy atom. The van der Waals surface area contributed by atoms with Gasteiger partial charge < -0.3 is 15.2 Å². The Bertz CT molecular complexity index is 674. The highest BCUT2D eigenvalue weighted by Gasteiger charge is 2.20. The van der Waals surface area contributed by atoms with Gasteiger partial charge in [-0.2, -0.15) is 0 Å². The van der Waals surface area contributed by atoms with E-state index < -0.39 is 0 Å². The fraction of sp³-hybridized carbons (Fsp3) is 0.474. The molecule has 0 saturated carbocycles. The first-order valence-corrected chi connectivity index (χ1v) is 8.93. The van der Waals surface area contributed by atoms with Crippen molar-refractivity contribution in [2.45, 2.75) is 51.6 Å². The largest absolute Gasteiger partial charge is 0.331 e. The standard InChI is InChI=1S/C19H26N4O/c1-2-3-12-23-13-11-21-18(23)15-7-6-8-16(14-15)22-19(24)17-9-4-5-10-20-17/h6-8,11,13-14,17,20H,2-5,9-10,12H2,1H3,(H,22,24). The molecule has 24 heavy (non-hydrogen) atoms. The number of imidazole rings is 1. The van der Waals surface area contributed by atoms with Crippen molar-refractivity contribution in [3.05, 3.63) is 36.7 Å². The summed E-state index contributed by atoms with van der Waals surface area (Å²) < 4.78 is 2.17. The molecule has 1 saturated heterocycles. The molecular weight excluding hydrogens is 300 g/mol. The Balaban J connectivity index is 1.72. The number of benzene rings is 1. The van der Waals surface area contributed by atoms with E-state index >= 15 is 0 Å². The molecule has 5 nitrogen and oxygen atoms in total. The third kappa shape index (κ3) is 4.03. The summed E-state index contributed by atoms with van der Waals surface area (Å²) in [6, 6.07) is 7.88. The average molecular weight is 326 g/mol. The van der Waals surface area contributed by atoms with E-state index in [0.29, 0.717) is 0 Å². The second kappa shape index (κ2) is 8.11. The van der Waals surface area contributed by atoms with Crippen LogP contribution in [0.25, 0.3) is 11.4 Å². The number of carbonyl (C=O) groups excluding carboxylic acids is 1. The van der Waals surface area contributed by atoms with Crippen molar-refractivity contribution in [3.63, 3.8) is 0 Å². The van der Waals surface area contributed by atoms with Gasteiger partial charge in [-0.1, -0.05) is 31.9 Å². The van der Waals surface area contributed by atoms with Crippen LogP contribution in [0.2, 0.25) is 0 Å². The number of aryl methyl sites for hydroxylation is 1. The van der Waals surface area contributed by atoms with Crippen molar-refractivity contribution in [2.24, 2.45) is 0 Å². The van der Waals surface area contributed by atoms with E-state index in [4.69, 9.17) is 0 Å². The number of rotatable bonds is 6. The van der Waals surface area contributed by atoms with Gasteiger partial charge in [0, 0.05) is 30.2 Å². The van der Waals surface area contributed by atoms with Gasteiger partial charge in [0.25, 0.3) is 0 Å². The minimum absolute atomic E-state index is 0.0566. The molecule has 0 aliphatic carbocycles. The molecule has 0 radical (unpaired) electrons. The van der Waals surface area contributed by atoms with Crippen LogP contribution in [0, 0.1) is 0 Å². The first-order valence-electron chi connectivity index (χ1n) is 8.93. The van der Waals surface area contributed by atoms with Gasteiger partial charge in [-0.25, -0.2) is 4.98 Å². The zero-order valence-corrected chi connectivity index (χ0v) is 14.3. The number of hydrogen-bond donors (Lipinski definition) is 2. The normalized spacial score (nSPS) is 17.6. The van der Waals surface area contributed by atoms with Crippen LogP contribution < -0.4 is 10.6 Å². The highest BCUT2D eigenvalue weighted by molar-refractivity contribution is 5.95. The summed E-state index contributed by atoms with van der Waals surface area (Å²) in [7, 11) is 0. The lowest BCUT2D eigenvalue weighted by molar-refractivity contribution is -0.118. The molecule has 2 N–H and O–H groups in total. The second-order valence-electron chi connectivity index (χ2n) is 6.37. The number of aromatic nitrogens is 2. The van der Waals surface area contributed by atoms with Gasteiger partial charge in [-0.15, -0.1) is 0 Å². The van der Waals surface area contributed by atoms with Crippen LogP contribution in [0.5, 0.6) is 0 Å². The molecule has 5 heteroatoms. The molecule has 128 valence electrons. The molecule has 2 heterocycles. The summed E-state index contributed by atoms with van der Waals surface area (Å²) in [5, 5.41) is 6.32. The van der Waals surface area contributed by atoms with E-state index in [1.165, 1.54) is 0 Å². The van der Waals surface area contributed by atoms with Crippen LogP contribution in [-0.2, 0) is 11.3 Å². The topological polar surface area (TPSA) is 59.0 Å².